The van der Waals surface area contributed by atoms with Crippen molar-refractivity contribution in [1.29, 1.82) is 0 Å². The van der Waals surface area contributed by atoms with Gasteiger partial charge in [0.1, 0.15) is 5.69 Å². The van der Waals surface area contributed by atoms with Crippen LogP contribution in [0.4, 0.5) is 0 Å². The molecule has 2 aliphatic rings. The third-order valence-corrected chi connectivity index (χ3v) is 5.82. The topological polar surface area (TPSA) is 46.3 Å². The molecular weight excluding hydrogens is 326 g/mol. The van der Waals surface area contributed by atoms with Gasteiger partial charge in [0.05, 0.1) is 12.2 Å². The van der Waals surface area contributed by atoms with Crippen LogP contribution in [-0.2, 0) is 20.1 Å². The zero-order valence-electron chi connectivity index (χ0n) is 15.7. The second-order valence-corrected chi connectivity index (χ2v) is 7.75. The fourth-order valence-electron chi connectivity index (χ4n) is 4.26. The highest BCUT2D eigenvalue weighted by Crippen LogP contribution is 2.21. The number of amides is 1. The Morgan fingerprint density at radius 2 is 2.04 bits per heavy atom. The normalized spacial score (nSPS) is 21.4. The van der Waals surface area contributed by atoms with Crippen molar-refractivity contribution in [2.75, 3.05) is 26.2 Å². The van der Waals surface area contributed by atoms with Crippen molar-refractivity contribution >= 4 is 5.91 Å². The number of carbonyl (C=O) groups is 1. The molecule has 1 amide bonds. The van der Waals surface area contributed by atoms with E-state index >= 15 is 0 Å². The zero-order chi connectivity index (χ0) is 17.9. The van der Waals surface area contributed by atoms with Crippen molar-refractivity contribution in [1.82, 2.24) is 24.1 Å². The fourth-order valence-corrected chi connectivity index (χ4v) is 4.26. The van der Waals surface area contributed by atoms with E-state index in [1.165, 1.54) is 32.4 Å². The van der Waals surface area contributed by atoms with E-state index in [1.807, 2.05) is 47.1 Å². The Kier molecular flexibility index (Phi) is 5.11. The molecule has 0 saturated carbocycles. The van der Waals surface area contributed by atoms with Gasteiger partial charge in [0.2, 0.25) is 0 Å². The monoisotopic (exact) mass is 355 g/mol. The maximum absolute atomic E-state index is 13.1. The van der Waals surface area contributed by atoms with E-state index in [9.17, 15) is 4.79 Å². The van der Waals surface area contributed by atoms with E-state index in [-0.39, 0.29) is 5.91 Å². The molecule has 1 fully saturated rings. The largest absolute Gasteiger partial charge is 0.347 e. The van der Waals surface area contributed by atoms with Gasteiger partial charge in [-0.2, -0.15) is 5.10 Å². The van der Waals surface area contributed by atoms with Gasteiger partial charge in [0, 0.05) is 32.5 Å². The lowest BCUT2D eigenvalue weighted by Crippen LogP contribution is -2.37. The molecule has 4 heterocycles. The molecule has 0 aliphatic carbocycles. The summed E-state index contributed by atoms with van der Waals surface area (Å²) in [6.07, 6.45) is 8.93. The van der Waals surface area contributed by atoms with E-state index in [4.69, 9.17) is 0 Å². The van der Waals surface area contributed by atoms with E-state index < -0.39 is 0 Å². The van der Waals surface area contributed by atoms with E-state index in [2.05, 4.69) is 14.7 Å². The lowest BCUT2D eigenvalue weighted by Gasteiger charge is -2.29. The summed E-state index contributed by atoms with van der Waals surface area (Å²) in [6.45, 7) is 5.95. The molecule has 4 rings (SSSR count). The summed E-state index contributed by atoms with van der Waals surface area (Å²) in [5, 5.41) is 4.50. The molecule has 0 radical (unpaired) electrons. The molecule has 6 heteroatoms. The third kappa shape index (κ3) is 3.70. The van der Waals surface area contributed by atoms with Crippen molar-refractivity contribution in [3.8, 4) is 0 Å². The quantitative estimate of drug-likeness (QED) is 0.846. The molecule has 0 spiro atoms. The summed E-state index contributed by atoms with van der Waals surface area (Å²) in [4.78, 5) is 17.7. The molecule has 1 unspecified atom stereocenters. The minimum Gasteiger partial charge on any atom is -0.347 e. The van der Waals surface area contributed by atoms with Crippen LogP contribution in [-0.4, -0.2) is 56.2 Å². The molecule has 1 saturated heterocycles. The first-order chi connectivity index (χ1) is 12.7. The molecule has 26 heavy (non-hydrogen) atoms. The smallest absolute Gasteiger partial charge is 0.270 e. The van der Waals surface area contributed by atoms with Gasteiger partial charge in [-0.05, 0) is 63.0 Å². The average molecular weight is 355 g/mol. The number of piperidine rings is 1. The van der Waals surface area contributed by atoms with Gasteiger partial charge in [0.15, 0.2) is 0 Å². The molecule has 0 bridgehead atoms. The van der Waals surface area contributed by atoms with E-state index in [1.54, 1.807) is 0 Å². The van der Waals surface area contributed by atoms with Gasteiger partial charge >= 0.3 is 0 Å². The number of rotatable bonds is 4. The lowest BCUT2D eigenvalue weighted by atomic mass is 10.0. The highest BCUT2D eigenvalue weighted by Gasteiger charge is 2.27. The van der Waals surface area contributed by atoms with Gasteiger partial charge in [-0.25, -0.2) is 0 Å². The van der Waals surface area contributed by atoms with Crippen LogP contribution >= 0.6 is 0 Å². The molecule has 2 aliphatic heterocycles. The summed E-state index contributed by atoms with van der Waals surface area (Å²) < 4.78 is 4.01. The van der Waals surface area contributed by atoms with Gasteiger partial charge in [-0.1, -0.05) is 6.42 Å². The van der Waals surface area contributed by atoms with Crippen LogP contribution in [0.15, 0.2) is 30.6 Å². The number of hydrogen-bond acceptors (Lipinski definition) is 3. The van der Waals surface area contributed by atoms with E-state index in [0.717, 1.165) is 37.4 Å². The lowest BCUT2D eigenvalue weighted by molar-refractivity contribution is 0.0703. The third-order valence-electron chi connectivity index (χ3n) is 5.82. The highest BCUT2D eigenvalue weighted by atomic mass is 16.2. The van der Waals surface area contributed by atoms with Crippen molar-refractivity contribution in [2.45, 2.75) is 38.8 Å². The number of likely N-dealkylation sites (tertiary alicyclic amines) is 1. The minimum atomic E-state index is 0.120. The number of aromatic nitrogens is 3. The average Bonchev–Trinajstić information content (AvgIpc) is 3.24. The second kappa shape index (κ2) is 7.66. The van der Waals surface area contributed by atoms with Crippen LogP contribution < -0.4 is 0 Å². The molecular formula is C20H29N5O. The Morgan fingerprint density at radius 3 is 2.81 bits per heavy atom. The van der Waals surface area contributed by atoms with Crippen molar-refractivity contribution < 1.29 is 4.79 Å². The molecule has 2 aromatic heterocycles. The fraction of sp³-hybridized carbons (Fsp3) is 0.600. The number of fused-ring (bicyclic) bond motifs is 1. The Hall–Kier alpha value is -2.08. The second-order valence-electron chi connectivity index (χ2n) is 7.75. The SMILES string of the molecule is Cn1cccc1C(=O)N1Cc2ccnn2CC(CCN2CCCCC2)C1. The first kappa shape index (κ1) is 17.3. The van der Waals surface area contributed by atoms with Crippen LogP contribution in [0.5, 0.6) is 0 Å². The summed E-state index contributed by atoms with van der Waals surface area (Å²) >= 11 is 0. The van der Waals surface area contributed by atoms with Gasteiger partial charge in [0.25, 0.3) is 5.91 Å². The van der Waals surface area contributed by atoms with Gasteiger partial charge < -0.3 is 14.4 Å². The first-order valence-corrected chi connectivity index (χ1v) is 9.84. The number of aryl methyl sites for hydroxylation is 1. The zero-order valence-corrected chi connectivity index (χ0v) is 15.7. The Morgan fingerprint density at radius 1 is 1.19 bits per heavy atom. The molecule has 0 aromatic carbocycles. The van der Waals surface area contributed by atoms with Crippen LogP contribution in [0, 0.1) is 5.92 Å². The van der Waals surface area contributed by atoms with Crippen molar-refractivity contribution in [2.24, 2.45) is 13.0 Å². The van der Waals surface area contributed by atoms with E-state index in [0.29, 0.717) is 12.5 Å². The van der Waals surface area contributed by atoms with Crippen LogP contribution in [0.2, 0.25) is 0 Å². The first-order valence-electron chi connectivity index (χ1n) is 9.84. The van der Waals surface area contributed by atoms with Crippen molar-refractivity contribution in [3.63, 3.8) is 0 Å². The van der Waals surface area contributed by atoms with Crippen molar-refractivity contribution in [3.05, 3.63) is 42.0 Å². The van der Waals surface area contributed by atoms with Crippen LogP contribution in [0.25, 0.3) is 0 Å². The predicted octanol–water partition coefficient (Wildman–Crippen LogP) is 2.37. The van der Waals surface area contributed by atoms with Crippen LogP contribution in [0.3, 0.4) is 0 Å². The molecule has 140 valence electrons. The number of carbonyl (C=O) groups excluding carboxylic acids is 1. The maximum atomic E-state index is 13.1. The molecule has 6 nitrogen and oxygen atoms in total. The Bertz CT molecular complexity index is 743. The molecule has 1 atom stereocenters. The Balaban J connectivity index is 1.48. The standard InChI is InChI=1S/C20H29N5O/c1-22-10-5-6-19(22)20(26)24-14-17(8-13-23-11-3-2-4-12-23)15-25-18(16-24)7-9-21-25/h5-7,9-10,17H,2-4,8,11-16H2,1H3. The Labute approximate surface area is 155 Å². The van der Waals surface area contributed by atoms with Gasteiger partial charge in [-0.3, -0.25) is 9.48 Å². The highest BCUT2D eigenvalue weighted by molar-refractivity contribution is 5.92. The summed E-state index contributed by atoms with van der Waals surface area (Å²) in [5.74, 6) is 0.567. The summed E-state index contributed by atoms with van der Waals surface area (Å²) in [7, 11) is 1.93. The molecule has 0 N–H and O–H groups in total. The van der Waals surface area contributed by atoms with Crippen LogP contribution in [0.1, 0.15) is 41.9 Å². The predicted molar refractivity (Wildman–Crippen MR) is 101 cm³/mol. The minimum absolute atomic E-state index is 0.120. The van der Waals surface area contributed by atoms with Gasteiger partial charge in [-0.15, -0.1) is 0 Å². The number of hydrogen-bond donors (Lipinski definition) is 0. The molecule has 2 aromatic rings. The summed E-state index contributed by atoms with van der Waals surface area (Å²) in [5.41, 5.74) is 1.89. The number of nitrogens with zero attached hydrogens (tertiary/aromatic N) is 5. The summed E-state index contributed by atoms with van der Waals surface area (Å²) in [6, 6.07) is 5.88. The maximum Gasteiger partial charge on any atom is 0.270 e.